The van der Waals surface area contributed by atoms with E-state index in [9.17, 15) is 9.59 Å². The van der Waals surface area contributed by atoms with Crippen molar-refractivity contribution in [3.8, 4) is 0 Å². The van der Waals surface area contributed by atoms with Crippen molar-refractivity contribution in [3.63, 3.8) is 0 Å². The zero-order valence-corrected chi connectivity index (χ0v) is 17.2. The summed E-state index contributed by atoms with van der Waals surface area (Å²) in [5, 5.41) is 9.08. The highest BCUT2D eigenvalue weighted by Crippen LogP contribution is 2.14. The maximum absolute atomic E-state index is 12.2. The van der Waals surface area contributed by atoms with E-state index in [2.05, 4.69) is 20.9 Å². The lowest BCUT2D eigenvalue weighted by Gasteiger charge is -2.09. The van der Waals surface area contributed by atoms with Crippen molar-refractivity contribution < 1.29 is 9.59 Å². The summed E-state index contributed by atoms with van der Waals surface area (Å²) < 4.78 is 0. The van der Waals surface area contributed by atoms with Crippen molar-refractivity contribution in [1.29, 1.82) is 0 Å². The quantitative estimate of drug-likeness (QED) is 0.637. The van der Waals surface area contributed by atoms with Crippen molar-refractivity contribution in [2.24, 2.45) is 5.92 Å². The highest BCUT2D eigenvalue weighted by molar-refractivity contribution is 6.04. The van der Waals surface area contributed by atoms with E-state index >= 15 is 0 Å². The molecular weight excluding hydrogens is 399 g/mol. The molecule has 1 unspecified atom stereocenters. The number of pyridine rings is 1. The van der Waals surface area contributed by atoms with E-state index in [-0.39, 0.29) is 36.6 Å². The highest BCUT2D eigenvalue weighted by atomic mass is 35.5. The minimum Gasteiger partial charge on any atom is -0.352 e. The molecule has 1 saturated heterocycles. The average molecular weight is 425 g/mol. The Balaban J connectivity index is 0.00000196. The third-order valence-corrected chi connectivity index (χ3v) is 4.59. The summed E-state index contributed by atoms with van der Waals surface area (Å²) >= 11 is 0. The Morgan fingerprint density at radius 3 is 2.43 bits per heavy atom. The number of carbonyl (C=O) groups is 2. The van der Waals surface area contributed by atoms with E-state index in [1.165, 1.54) is 0 Å². The molecule has 0 radical (unpaired) electrons. The van der Waals surface area contributed by atoms with E-state index in [0.29, 0.717) is 30.1 Å². The fourth-order valence-electron chi connectivity index (χ4n) is 3.00. The molecule has 28 heavy (non-hydrogen) atoms. The van der Waals surface area contributed by atoms with Gasteiger partial charge >= 0.3 is 0 Å². The van der Waals surface area contributed by atoms with Crippen LogP contribution in [0.15, 0.2) is 48.8 Å². The Bertz CT molecular complexity index is 736. The molecule has 0 aliphatic carbocycles. The summed E-state index contributed by atoms with van der Waals surface area (Å²) in [6, 6.07) is 10.7. The third-order valence-electron chi connectivity index (χ3n) is 4.59. The van der Waals surface area contributed by atoms with E-state index in [1.54, 1.807) is 36.7 Å². The summed E-state index contributed by atoms with van der Waals surface area (Å²) in [7, 11) is 0. The van der Waals surface area contributed by atoms with Gasteiger partial charge in [-0.05, 0) is 61.7 Å². The highest BCUT2D eigenvalue weighted by Gasteiger charge is 2.15. The maximum Gasteiger partial charge on any atom is 0.255 e. The largest absolute Gasteiger partial charge is 0.352 e. The van der Waals surface area contributed by atoms with Crippen LogP contribution >= 0.6 is 24.8 Å². The second-order valence-electron chi connectivity index (χ2n) is 6.56. The molecule has 152 valence electrons. The number of carbonyl (C=O) groups excluding carboxylic acids is 2. The number of rotatable bonds is 7. The minimum atomic E-state index is -0.169. The van der Waals surface area contributed by atoms with Crippen molar-refractivity contribution in [1.82, 2.24) is 15.6 Å². The fraction of sp³-hybridized carbons (Fsp3) is 0.350. The Morgan fingerprint density at radius 2 is 1.79 bits per heavy atom. The van der Waals surface area contributed by atoms with E-state index in [1.807, 2.05) is 12.1 Å². The molecule has 6 nitrogen and oxygen atoms in total. The van der Waals surface area contributed by atoms with Crippen LogP contribution < -0.4 is 16.0 Å². The monoisotopic (exact) mass is 424 g/mol. The standard InChI is InChI=1S/C20H24N4O2.2ClH/c25-19(6-3-16-7-10-22-13-16)23-14-15-1-4-17(5-2-15)20(26)24-18-8-11-21-12-9-18;;/h1-2,4-5,8-9,11-12,16,22H,3,6-7,10,13-14H2,(H,23,25)(H,21,24,26);2*1H. The average Bonchev–Trinajstić information content (AvgIpc) is 3.19. The molecule has 2 aromatic rings. The van der Waals surface area contributed by atoms with Crippen molar-refractivity contribution in [2.45, 2.75) is 25.8 Å². The second-order valence-corrected chi connectivity index (χ2v) is 6.56. The molecule has 0 saturated carbocycles. The Morgan fingerprint density at radius 1 is 1.07 bits per heavy atom. The van der Waals surface area contributed by atoms with Crippen molar-refractivity contribution in [2.75, 3.05) is 18.4 Å². The molecule has 1 fully saturated rings. The topological polar surface area (TPSA) is 83.1 Å². The number of amides is 2. The molecule has 3 rings (SSSR count). The van der Waals surface area contributed by atoms with Crippen LogP contribution in [-0.2, 0) is 11.3 Å². The van der Waals surface area contributed by atoms with Crippen LogP contribution in [0.5, 0.6) is 0 Å². The maximum atomic E-state index is 12.2. The lowest BCUT2D eigenvalue weighted by molar-refractivity contribution is -0.121. The lowest BCUT2D eigenvalue weighted by Crippen LogP contribution is -2.23. The lowest BCUT2D eigenvalue weighted by atomic mass is 10.0. The molecular formula is C20H26Cl2N4O2. The van der Waals surface area contributed by atoms with Crippen LogP contribution in [0.25, 0.3) is 0 Å². The first-order valence-electron chi connectivity index (χ1n) is 8.98. The van der Waals surface area contributed by atoms with Crippen LogP contribution in [0.2, 0.25) is 0 Å². The molecule has 1 aromatic heterocycles. The normalized spacial score (nSPS) is 15.1. The van der Waals surface area contributed by atoms with Gasteiger partial charge in [0, 0.05) is 36.6 Å². The first-order chi connectivity index (χ1) is 12.7. The van der Waals surface area contributed by atoms with Gasteiger partial charge in [-0.25, -0.2) is 0 Å². The Labute approximate surface area is 177 Å². The number of halogens is 2. The van der Waals surface area contributed by atoms with E-state index in [4.69, 9.17) is 0 Å². The van der Waals surface area contributed by atoms with Gasteiger partial charge in [0.1, 0.15) is 0 Å². The summed E-state index contributed by atoms with van der Waals surface area (Å²) in [6.07, 6.45) is 5.93. The fourth-order valence-corrected chi connectivity index (χ4v) is 3.00. The second kappa shape index (κ2) is 12.3. The number of hydrogen-bond acceptors (Lipinski definition) is 4. The van der Waals surface area contributed by atoms with Crippen molar-refractivity contribution >= 4 is 42.3 Å². The first-order valence-corrected chi connectivity index (χ1v) is 8.98. The molecule has 8 heteroatoms. The predicted molar refractivity (Wildman–Crippen MR) is 115 cm³/mol. The number of benzene rings is 1. The Kier molecular flexibility index (Phi) is 10.5. The van der Waals surface area contributed by atoms with Crippen LogP contribution in [-0.4, -0.2) is 29.9 Å². The molecule has 1 aliphatic rings. The molecule has 0 spiro atoms. The number of nitrogens with one attached hydrogen (secondary N) is 3. The van der Waals surface area contributed by atoms with Gasteiger partial charge < -0.3 is 16.0 Å². The van der Waals surface area contributed by atoms with Gasteiger partial charge in [-0.1, -0.05) is 12.1 Å². The van der Waals surface area contributed by atoms with Crippen LogP contribution in [0.1, 0.15) is 35.2 Å². The SMILES string of the molecule is Cl.Cl.O=C(CCC1CCNC1)NCc1ccc(C(=O)Nc2ccncc2)cc1. The number of hydrogen-bond donors (Lipinski definition) is 3. The van der Waals surface area contributed by atoms with Crippen LogP contribution in [0.3, 0.4) is 0 Å². The first kappa shape index (κ1) is 23.9. The van der Waals surface area contributed by atoms with Gasteiger partial charge in [0.05, 0.1) is 0 Å². The van der Waals surface area contributed by atoms with Gasteiger partial charge in [-0.3, -0.25) is 14.6 Å². The zero-order valence-electron chi connectivity index (χ0n) is 15.5. The third kappa shape index (κ3) is 7.46. The van der Waals surface area contributed by atoms with Gasteiger partial charge in [0.25, 0.3) is 5.91 Å². The molecule has 1 aliphatic heterocycles. The molecule has 2 heterocycles. The summed E-state index contributed by atoms with van der Waals surface area (Å²) in [4.78, 5) is 28.1. The number of nitrogens with zero attached hydrogens (tertiary/aromatic N) is 1. The molecule has 0 bridgehead atoms. The molecule has 1 atom stereocenters. The Hall–Kier alpha value is -2.15. The van der Waals surface area contributed by atoms with Gasteiger partial charge in [0.15, 0.2) is 0 Å². The smallest absolute Gasteiger partial charge is 0.255 e. The molecule has 2 amide bonds. The van der Waals surface area contributed by atoms with Crippen LogP contribution in [0, 0.1) is 5.92 Å². The molecule has 1 aromatic carbocycles. The summed E-state index contributed by atoms with van der Waals surface area (Å²) in [6.45, 7) is 2.57. The number of anilines is 1. The van der Waals surface area contributed by atoms with Gasteiger partial charge in [0.2, 0.25) is 5.91 Å². The number of aromatic nitrogens is 1. The zero-order chi connectivity index (χ0) is 18.2. The van der Waals surface area contributed by atoms with Gasteiger partial charge in [-0.2, -0.15) is 0 Å². The van der Waals surface area contributed by atoms with E-state index < -0.39 is 0 Å². The summed E-state index contributed by atoms with van der Waals surface area (Å²) in [5.41, 5.74) is 2.26. The van der Waals surface area contributed by atoms with Crippen LogP contribution in [0.4, 0.5) is 5.69 Å². The minimum absolute atomic E-state index is 0. The predicted octanol–water partition coefficient (Wildman–Crippen LogP) is 3.18. The summed E-state index contributed by atoms with van der Waals surface area (Å²) in [5.74, 6) is 0.535. The van der Waals surface area contributed by atoms with E-state index in [0.717, 1.165) is 31.5 Å². The molecule has 3 N–H and O–H groups in total. The van der Waals surface area contributed by atoms with Crippen molar-refractivity contribution in [3.05, 3.63) is 59.9 Å². The van der Waals surface area contributed by atoms with Gasteiger partial charge in [-0.15, -0.1) is 24.8 Å².